The predicted octanol–water partition coefficient (Wildman–Crippen LogP) is 4.75. The van der Waals surface area contributed by atoms with Crippen molar-refractivity contribution >= 4 is 44.3 Å². The second-order valence-corrected chi connectivity index (χ2v) is 8.09. The van der Waals surface area contributed by atoms with E-state index in [-0.39, 0.29) is 6.61 Å². The van der Waals surface area contributed by atoms with Crippen LogP contribution in [0, 0.1) is 13.8 Å². The predicted molar refractivity (Wildman–Crippen MR) is 116 cm³/mol. The standard InChI is InChI=1S/C21H19BrN2O4S/c1-13-6-7-14(2)18(8-13)27-11-20(26)28-10-19(25)24-21-23-17(12-29-21)15-4-3-5-16(22)9-15/h3-9,12H,10-11H2,1-2H3,(H,23,24,25). The topological polar surface area (TPSA) is 77.5 Å². The lowest BCUT2D eigenvalue weighted by Gasteiger charge is -2.09. The Bertz CT molecular complexity index is 1040. The van der Waals surface area contributed by atoms with Crippen molar-refractivity contribution in [2.24, 2.45) is 0 Å². The second kappa shape index (κ2) is 9.67. The fourth-order valence-corrected chi connectivity index (χ4v) is 3.59. The van der Waals surface area contributed by atoms with Crippen LogP contribution in [0.3, 0.4) is 0 Å². The highest BCUT2D eigenvalue weighted by molar-refractivity contribution is 9.10. The van der Waals surface area contributed by atoms with Gasteiger partial charge in [-0.3, -0.25) is 10.1 Å². The van der Waals surface area contributed by atoms with Crippen molar-refractivity contribution in [3.63, 3.8) is 0 Å². The van der Waals surface area contributed by atoms with Gasteiger partial charge in [-0.05, 0) is 43.2 Å². The number of anilines is 1. The molecule has 0 bridgehead atoms. The van der Waals surface area contributed by atoms with Gasteiger partial charge in [0.15, 0.2) is 18.3 Å². The number of nitrogens with one attached hydrogen (secondary N) is 1. The van der Waals surface area contributed by atoms with Crippen LogP contribution < -0.4 is 10.1 Å². The van der Waals surface area contributed by atoms with Gasteiger partial charge < -0.3 is 9.47 Å². The molecule has 1 heterocycles. The highest BCUT2D eigenvalue weighted by Crippen LogP contribution is 2.26. The van der Waals surface area contributed by atoms with Gasteiger partial charge in [0, 0.05) is 15.4 Å². The smallest absolute Gasteiger partial charge is 0.344 e. The Kier molecular flexibility index (Phi) is 7.00. The molecule has 1 aromatic heterocycles. The zero-order chi connectivity index (χ0) is 20.8. The number of aryl methyl sites for hydroxylation is 2. The van der Waals surface area contributed by atoms with Crippen LogP contribution in [-0.2, 0) is 14.3 Å². The molecule has 0 fully saturated rings. The van der Waals surface area contributed by atoms with Crippen molar-refractivity contribution in [2.75, 3.05) is 18.5 Å². The minimum absolute atomic E-state index is 0.262. The molecule has 0 saturated carbocycles. The molecule has 0 aliphatic rings. The number of benzene rings is 2. The van der Waals surface area contributed by atoms with Crippen LogP contribution in [0.15, 0.2) is 52.3 Å². The quantitative estimate of drug-likeness (QED) is 0.499. The molecule has 0 spiro atoms. The summed E-state index contributed by atoms with van der Waals surface area (Å²) in [5.74, 6) is -0.454. The van der Waals surface area contributed by atoms with Gasteiger partial charge in [0.05, 0.1) is 5.69 Å². The summed E-state index contributed by atoms with van der Waals surface area (Å²) in [6, 6.07) is 13.4. The molecule has 1 N–H and O–H groups in total. The van der Waals surface area contributed by atoms with Crippen LogP contribution in [0.4, 0.5) is 5.13 Å². The molecule has 8 heteroatoms. The number of amides is 1. The highest BCUT2D eigenvalue weighted by atomic mass is 79.9. The summed E-state index contributed by atoms with van der Waals surface area (Å²) in [6.07, 6.45) is 0. The number of aromatic nitrogens is 1. The molecular formula is C21H19BrN2O4S. The third-order valence-corrected chi connectivity index (χ3v) is 5.18. The molecule has 0 aliphatic carbocycles. The molecular weight excluding hydrogens is 456 g/mol. The summed E-state index contributed by atoms with van der Waals surface area (Å²) in [5.41, 5.74) is 3.65. The fraction of sp³-hybridized carbons (Fsp3) is 0.190. The zero-order valence-corrected chi connectivity index (χ0v) is 18.3. The second-order valence-electron chi connectivity index (χ2n) is 6.31. The summed E-state index contributed by atoms with van der Waals surface area (Å²) in [6.45, 7) is 3.17. The van der Waals surface area contributed by atoms with Gasteiger partial charge in [0.2, 0.25) is 0 Å². The SMILES string of the molecule is Cc1ccc(C)c(OCC(=O)OCC(=O)Nc2nc(-c3cccc(Br)c3)cs2)c1. The molecule has 0 saturated heterocycles. The molecule has 2 aromatic carbocycles. The Morgan fingerprint density at radius 3 is 2.76 bits per heavy atom. The lowest BCUT2D eigenvalue weighted by Crippen LogP contribution is -2.23. The maximum atomic E-state index is 12.0. The Morgan fingerprint density at radius 2 is 1.97 bits per heavy atom. The molecule has 0 aliphatic heterocycles. The van der Waals surface area contributed by atoms with Crippen molar-refractivity contribution in [1.29, 1.82) is 0 Å². The maximum absolute atomic E-state index is 12.0. The van der Waals surface area contributed by atoms with Crippen LogP contribution in [0.5, 0.6) is 5.75 Å². The van der Waals surface area contributed by atoms with Crippen molar-refractivity contribution in [2.45, 2.75) is 13.8 Å². The molecule has 29 heavy (non-hydrogen) atoms. The summed E-state index contributed by atoms with van der Waals surface area (Å²) in [4.78, 5) is 28.2. The van der Waals surface area contributed by atoms with Crippen LogP contribution in [0.1, 0.15) is 11.1 Å². The number of esters is 1. The van der Waals surface area contributed by atoms with E-state index in [4.69, 9.17) is 9.47 Å². The molecule has 0 atom stereocenters. The van der Waals surface area contributed by atoms with E-state index in [0.717, 1.165) is 26.9 Å². The molecule has 0 unspecified atom stereocenters. The number of ether oxygens (including phenoxy) is 2. The molecule has 3 aromatic rings. The minimum Gasteiger partial charge on any atom is -0.482 e. The van der Waals surface area contributed by atoms with Crippen molar-refractivity contribution in [3.8, 4) is 17.0 Å². The number of hydrogen-bond acceptors (Lipinski definition) is 6. The number of carbonyl (C=O) groups excluding carboxylic acids is 2. The number of nitrogens with zero attached hydrogens (tertiary/aromatic N) is 1. The van der Waals surface area contributed by atoms with Crippen molar-refractivity contribution < 1.29 is 19.1 Å². The summed E-state index contributed by atoms with van der Waals surface area (Å²) < 4.78 is 11.4. The number of carbonyl (C=O) groups is 2. The third kappa shape index (κ3) is 6.13. The third-order valence-electron chi connectivity index (χ3n) is 3.92. The average molecular weight is 475 g/mol. The molecule has 6 nitrogen and oxygen atoms in total. The van der Waals surface area contributed by atoms with Crippen LogP contribution >= 0.6 is 27.3 Å². The van der Waals surface area contributed by atoms with E-state index < -0.39 is 18.5 Å². The van der Waals surface area contributed by atoms with Crippen molar-refractivity contribution in [3.05, 3.63) is 63.4 Å². The Balaban J connectivity index is 1.46. The number of rotatable bonds is 7. The molecule has 3 rings (SSSR count). The van der Waals surface area contributed by atoms with Crippen molar-refractivity contribution in [1.82, 2.24) is 4.98 Å². The number of thiazole rings is 1. The van der Waals surface area contributed by atoms with Gasteiger partial charge in [0.25, 0.3) is 5.91 Å². The van der Waals surface area contributed by atoms with Crippen LogP contribution in [-0.4, -0.2) is 30.1 Å². The Labute approximate surface area is 181 Å². The monoisotopic (exact) mass is 474 g/mol. The first kappa shape index (κ1) is 21.0. The molecule has 1 amide bonds. The summed E-state index contributed by atoms with van der Waals surface area (Å²) in [5, 5.41) is 4.92. The van der Waals surface area contributed by atoms with E-state index >= 15 is 0 Å². The first-order chi connectivity index (χ1) is 13.9. The first-order valence-corrected chi connectivity index (χ1v) is 10.4. The van der Waals surface area contributed by atoms with Gasteiger partial charge in [-0.15, -0.1) is 11.3 Å². The normalized spacial score (nSPS) is 10.4. The Hall–Kier alpha value is -2.71. The number of hydrogen-bond donors (Lipinski definition) is 1. The van der Waals surface area contributed by atoms with E-state index in [0.29, 0.717) is 10.9 Å². The number of halogens is 1. The fourth-order valence-electron chi connectivity index (χ4n) is 2.45. The Morgan fingerprint density at radius 1 is 1.14 bits per heavy atom. The summed E-state index contributed by atoms with van der Waals surface area (Å²) in [7, 11) is 0. The van der Waals surface area contributed by atoms with E-state index in [9.17, 15) is 9.59 Å². The lowest BCUT2D eigenvalue weighted by atomic mass is 10.1. The van der Waals surface area contributed by atoms with Gasteiger partial charge in [-0.2, -0.15) is 0 Å². The van der Waals surface area contributed by atoms with E-state index in [1.54, 1.807) is 0 Å². The molecule has 0 radical (unpaired) electrons. The lowest BCUT2D eigenvalue weighted by molar-refractivity contribution is -0.149. The van der Waals surface area contributed by atoms with E-state index in [1.807, 2.05) is 61.7 Å². The largest absolute Gasteiger partial charge is 0.482 e. The van der Waals surface area contributed by atoms with E-state index in [2.05, 4.69) is 26.2 Å². The highest BCUT2D eigenvalue weighted by Gasteiger charge is 2.12. The average Bonchev–Trinajstić information content (AvgIpc) is 3.15. The minimum atomic E-state index is -0.616. The van der Waals surface area contributed by atoms with Gasteiger partial charge in [-0.1, -0.05) is 40.2 Å². The van der Waals surface area contributed by atoms with Gasteiger partial charge >= 0.3 is 5.97 Å². The van der Waals surface area contributed by atoms with Gasteiger partial charge in [-0.25, -0.2) is 9.78 Å². The van der Waals surface area contributed by atoms with Crippen LogP contribution in [0.25, 0.3) is 11.3 Å². The molecule has 150 valence electrons. The van der Waals surface area contributed by atoms with Gasteiger partial charge in [0.1, 0.15) is 5.75 Å². The zero-order valence-electron chi connectivity index (χ0n) is 15.9. The summed E-state index contributed by atoms with van der Waals surface area (Å²) >= 11 is 4.72. The van der Waals surface area contributed by atoms with E-state index in [1.165, 1.54) is 11.3 Å². The maximum Gasteiger partial charge on any atom is 0.344 e. The first-order valence-electron chi connectivity index (χ1n) is 8.78. The van der Waals surface area contributed by atoms with Crippen LogP contribution in [0.2, 0.25) is 0 Å².